The van der Waals surface area contributed by atoms with Crippen molar-refractivity contribution in [2.24, 2.45) is 7.05 Å². The van der Waals surface area contributed by atoms with Gasteiger partial charge < -0.3 is 9.88 Å². The number of nitrogens with zero attached hydrogens (tertiary/aromatic N) is 1. The Morgan fingerprint density at radius 1 is 1.36 bits per heavy atom. The Kier molecular flexibility index (Phi) is 4.35. The van der Waals surface area contributed by atoms with Crippen LogP contribution >= 0.6 is 22.9 Å². The molecule has 1 aromatic heterocycles. The molecule has 0 unspecified atom stereocenters. The van der Waals surface area contributed by atoms with Gasteiger partial charge in [-0.1, -0.05) is 22.9 Å². The first kappa shape index (κ1) is 16.6. The van der Waals surface area contributed by atoms with E-state index in [1.165, 1.54) is 17.7 Å². The van der Waals surface area contributed by atoms with Gasteiger partial charge in [0.2, 0.25) is 0 Å². The quantitative estimate of drug-likeness (QED) is 0.898. The van der Waals surface area contributed by atoms with Crippen LogP contribution in [-0.4, -0.2) is 10.5 Å². The summed E-state index contributed by atoms with van der Waals surface area (Å²) in [6.45, 7) is 1.54. The summed E-state index contributed by atoms with van der Waals surface area (Å²) in [6, 6.07) is 3.05. The third-order valence-electron chi connectivity index (χ3n) is 3.04. The van der Waals surface area contributed by atoms with Crippen LogP contribution < -0.4 is 10.2 Å². The molecule has 1 heterocycles. The molecule has 1 N–H and O–H groups in total. The summed E-state index contributed by atoms with van der Waals surface area (Å²) in [5.74, 6) is -0.770. The van der Waals surface area contributed by atoms with Crippen molar-refractivity contribution in [3.05, 3.63) is 49.0 Å². The van der Waals surface area contributed by atoms with Gasteiger partial charge in [0.25, 0.3) is 5.91 Å². The van der Waals surface area contributed by atoms with Crippen molar-refractivity contribution >= 4 is 34.5 Å². The van der Waals surface area contributed by atoms with Gasteiger partial charge in [-0.25, -0.2) is 0 Å². The number of thiazole rings is 1. The van der Waals surface area contributed by atoms with Crippen LogP contribution in [0.3, 0.4) is 0 Å². The highest BCUT2D eigenvalue weighted by Crippen LogP contribution is 2.36. The van der Waals surface area contributed by atoms with E-state index in [1.54, 1.807) is 6.92 Å². The van der Waals surface area contributed by atoms with E-state index < -0.39 is 23.3 Å². The van der Waals surface area contributed by atoms with E-state index in [0.29, 0.717) is 17.0 Å². The third kappa shape index (κ3) is 3.17. The molecule has 0 spiro atoms. The molecule has 1 aromatic carbocycles. The van der Waals surface area contributed by atoms with E-state index in [-0.39, 0.29) is 14.8 Å². The van der Waals surface area contributed by atoms with Crippen molar-refractivity contribution in [3.63, 3.8) is 0 Å². The van der Waals surface area contributed by atoms with Gasteiger partial charge in [0.1, 0.15) is 4.88 Å². The summed E-state index contributed by atoms with van der Waals surface area (Å²) < 4.78 is 40.2. The van der Waals surface area contributed by atoms with Gasteiger partial charge in [-0.3, -0.25) is 9.59 Å². The summed E-state index contributed by atoms with van der Waals surface area (Å²) in [5, 5.41) is 2.09. The first-order valence-electron chi connectivity index (χ1n) is 5.95. The maximum atomic E-state index is 13.0. The van der Waals surface area contributed by atoms with Crippen molar-refractivity contribution in [2.45, 2.75) is 13.1 Å². The predicted octanol–water partition coefficient (Wildman–Crippen LogP) is 3.68. The third-order valence-corrected chi connectivity index (χ3v) is 4.40. The summed E-state index contributed by atoms with van der Waals surface area (Å²) >= 11 is 6.24. The molecular weight excluding hydrogens is 341 g/mol. The minimum atomic E-state index is -4.66. The monoisotopic (exact) mass is 350 g/mol. The molecule has 118 valence electrons. The van der Waals surface area contributed by atoms with Gasteiger partial charge in [0.15, 0.2) is 0 Å². The molecule has 2 aromatic rings. The number of alkyl halides is 3. The predicted molar refractivity (Wildman–Crippen MR) is 78.7 cm³/mol. The molecule has 0 atom stereocenters. The number of hydrogen-bond donors (Lipinski definition) is 1. The Hall–Kier alpha value is -1.80. The van der Waals surface area contributed by atoms with Crippen LogP contribution in [-0.2, 0) is 13.2 Å². The van der Waals surface area contributed by atoms with Gasteiger partial charge in [0, 0.05) is 17.8 Å². The fourth-order valence-electron chi connectivity index (χ4n) is 1.77. The molecule has 0 fully saturated rings. The van der Waals surface area contributed by atoms with Crippen molar-refractivity contribution in [1.82, 2.24) is 4.57 Å². The second kappa shape index (κ2) is 5.77. The number of benzene rings is 1. The van der Waals surface area contributed by atoms with Crippen molar-refractivity contribution < 1.29 is 18.0 Å². The van der Waals surface area contributed by atoms with E-state index in [1.807, 2.05) is 0 Å². The van der Waals surface area contributed by atoms with E-state index in [4.69, 9.17) is 11.6 Å². The van der Waals surface area contributed by atoms with Crippen LogP contribution in [0, 0.1) is 6.92 Å². The topological polar surface area (TPSA) is 51.1 Å². The van der Waals surface area contributed by atoms with Gasteiger partial charge in [-0.05, 0) is 25.1 Å². The zero-order valence-corrected chi connectivity index (χ0v) is 13.0. The van der Waals surface area contributed by atoms with Crippen LogP contribution in [0.1, 0.15) is 20.9 Å². The van der Waals surface area contributed by atoms with Gasteiger partial charge in [-0.2, -0.15) is 13.2 Å². The second-order valence-corrected chi connectivity index (χ2v) is 5.88. The van der Waals surface area contributed by atoms with E-state index in [2.05, 4.69) is 5.32 Å². The fourth-order valence-corrected chi connectivity index (χ4v) is 2.82. The highest BCUT2D eigenvalue weighted by atomic mass is 35.5. The largest absolute Gasteiger partial charge is 0.418 e. The lowest BCUT2D eigenvalue weighted by molar-refractivity contribution is -0.136. The average molecular weight is 351 g/mol. The summed E-state index contributed by atoms with van der Waals surface area (Å²) in [7, 11) is 1.48. The molecule has 22 heavy (non-hydrogen) atoms. The lowest BCUT2D eigenvalue weighted by Crippen LogP contribution is -2.17. The molecule has 0 radical (unpaired) electrons. The molecule has 1 amide bonds. The molecule has 0 aliphatic carbocycles. The fraction of sp³-hybridized carbons (Fsp3) is 0.231. The highest BCUT2D eigenvalue weighted by molar-refractivity contribution is 7.11. The van der Waals surface area contributed by atoms with E-state index in [0.717, 1.165) is 12.1 Å². The van der Waals surface area contributed by atoms with Crippen LogP contribution in [0.5, 0.6) is 0 Å². The normalized spacial score (nSPS) is 11.5. The second-order valence-electron chi connectivity index (χ2n) is 4.48. The molecule has 0 bridgehead atoms. The smallest absolute Gasteiger partial charge is 0.321 e. The minimum Gasteiger partial charge on any atom is -0.321 e. The molecule has 4 nitrogen and oxygen atoms in total. The van der Waals surface area contributed by atoms with Gasteiger partial charge >= 0.3 is 11.0 Å². The Morgan fingerprint density at radius 3 is 2.50 bits per heavy atom. The molecule has 0 saturated carbocycles. The summed E-state index contributed by atoms with van der Waals surface area (Å²) in [5.41, 5.74) is -1.07. The number of halogens is 4. The van der Waals surface area contributed by atoms with Crippen molar-refractivity contribution in [3.8, 4) is 0 Å². The van der Waals surface area contributed by atoms with Crippen LogP contribution in [0.15, 0.2) is 23.0 Å². The number of nitrogens with one attached hydrogen (secondary N) is 1. The average Bonchev–Trinajstić information content (AvgIpc) is 2.67. The Bertz CT molecular complexity index is 796. The summed E-state index contributed by atoms with van der Waals surface area (Å²) in [6.07, 6.45) is -4.66. The number of carbonyl (C=O) groups excluding carboxylic acids is 1. The minimum absolute atomic E-state index is 0.0653. The summed E-state index contributed by atoms with van der Waals surface area (Å²) in [4.78, 5) is 23.3. The van der Waals surface area contributed by atoms with E-state index in [9.17, 15) is 22.8 Å². The van der Waals surface area contributed by atoms with Crippen LogP contribution in [0.2, 0.25) is 5.02 Å². The van der Waals surface area contributed by atoms with Crippen molar-refractivity contribution in [1.29, 1.82) is 0 Å². The van der Waals surface area contributed by atoms with Crippen LogP contribution in [0.25, 0.3) is 0 Å². The molecule has 9 heteroatoms. The molecule has 0 aliphatic heterocycles. The Labute approximate surface area is 132 Å². The van der Waals surface area contributed by atoms with Gasteiger partial charge in [-0.15, -0.1) is 0 Å². The molecule has 0 saturated heterocycles. The first-order chi connectivity index (χ1) is 10.1. The SMILES string of the molecule is Cc1c(C(=O)Nc2ccc(Cl)cc2C(F)(F)F)sc(=O)n1C. The zero-order valence-electron chi connectivity index (χ0n) is 11.4. The maximum Gasteiger partial charge on any atom is 0.418 e. The molecule has 2 rings (SSSR count). The lowest BCUT2D eigenvalue weighted by Gasteiger charge is -2.14. The van der Waals surface area contributed by atoms with Gasteiger partial charge in [0.05, 0.1) is 11.3 Å². The standard InChI is InChI=1S/C13H10ClF3N2O2S/c1-6-10(22-12(21)19(6)2)11(20)18-9-4-3-7(14)5-8(9)13(15,16)17/h3-5H,1-2H3,(H,18,20). The number of aromatic nitrogens is 1. The number of amides is 1. The number of anilines is 1. The van der Waals surface area contributed by atoms with Crippen LogP contribution in [0.4, 0.5) is 18.9 Å². The van der Waals surface area contributed by atoms with Crippen molar-refractivity contribution in [2.75, 3.05) is 5.32 Å². The lowest BCUT2D eigenvalue weighted by atomic mass is 10.1. The van der Waals surface area contributed by atoms with E-state index >= 15 is 0 Å². The maximum absolute atomic E-state index is 13.0. The number of hydrogen-bond acceptors (Lipinski definition) is 3. The number of rotatable bonds is 2. The molecule has 0 aliphatic rings. The Morgan fingerprint density at radius 2 is 2.00 bits per heavy atom. The first-order valence-corrected chi connectivity index (χ1v) is 7.15. The number of carbonyl (C=O) groups is 1. The highest BCUT2D eigenvalue weighted by Gasteiger charge is 2.34. The Balaban J connectivity index is 2.41. The molecular formula is C13H10ClF3N2O2S. The zero-order chi connectivity index (χ0) is 16.7.